The highest BCUT2D eigenvalue weighted by Crippen LogP contribution is 2.25. The third kappa shape index (κ3) is 3.44. The zero-order valence-electron chi connectivity index (χ0n) is 10.6. The highest BCUT2D eigenvalue weighted by atomic mass is 32.2. The highest BCUT2D eigenvalue weighted by Gasteiger charge is 2.30. The van der Waals surface area contributed by atoms with Crippen LogP contribution in [-0.2, 0) is 14.8 Å². The maximum absolute atomic E-state index is 11.2. The monoisotopic (exact) mass is 285 g/mol. The van der Waals surface area contributed by atoms with Gasteiger partial charge in [-0.25, -0.2) is 13.6 Å². The molecule has 0 unspecified atom stereocenters. The van der Waals surface area contributed by atoms with Crippen molar-refractivity contribution in [3.8, 4) is 0 Å². The Morgan fingerprint density at radius 1 is 1.21 bits per heavy atom. The zero-order chi connectivity index (χ0) is 13.9. The van der Waals surface area contributed by atoms with E-state index in [4.69, 9.17) is 15.6 Å². The standard InChI is InChI=1S/C12H19N3O3S/c13-9-12(5-7-18-8-6-12)15-10-1-3-11(4-2-10)19(14,16)17/h1-4,15H,5-9,13H2,(H2,14,16,17). The summed E-state index contributed by atoms with van der Waals surface area (Å²) in [5, 5.41) is 8.44. The van der Waals surface area contributed by atoms with Gasteiger partial charge in [-0.1, -0.05) is 0 Å². The summed E-state index contributed by atoms with van der Waals surface area (Å²) in [4.78, 5) is 0.104. The third-order valence-corrected chi connectivity index (χ3v) is 4.36. The van der Waals surface area contributed by atoms with E-state index in [2.05, 4.69) is 5.32 Å². The molecule has 0 amide bonds. The van der Waals surface area contributed by atoms with Gasteiger partial charge in [-0.2, -0.15) is 0 Å². The second-order valence-corrected chi connectivity index (χ2v) is 6.35. The first-order chi connectivity index (χ1) is 8.95. The van der Waals surface area contributed by atoms with Crippen molar-refractivity contribution in [3.05, 3.63) is 24.3 Å². The first-order valence-electron chi connectivity index (χ1n) is 6.14. The number of benzene rings is 1. The van der Waals surface area contributed by atoms with Crippen molar-refractivity contribution in [3.63, 3.8) is 0 Å². The molecule has 5 N–H and O–H groups in total. The number of primary sulfonamides is 1. The van der Waals surface area contributed by atoms with Crippen molar-refractivity contribution in [1.82, 2.24) is 0 Å². The van der Waals surface area contributed by atoms with E-state index in [1.54, 1.807) is 12.1 Å². The molecule has 0 aliphatic carbocycles. The lowest BCUT2D eigenvalue weighted by atomic mass is 9.90. The lowest BCUT2D eigenvalue weighted by molar-refractivity contribution is 0.0628. The maximum Gasteiger partial charge on any atom is 0.238 e. The van der Waals surface area contributed by atoms with Crippen LogP contribution in [0.3, 0.4) is 0 Å². The van der Waals surface area contributed by atoms with Gasteiger partial charge in [-0.3, -0.25) is 0 Å². The highest BCUT2D eigenvalue weighted by molar-refractivity contribution is 7.89. The fourth-order valence-corrected chi connectivity index (χ4v) is 2.69. The Morgan fingerprint density at radius 3 is 2.26 bits per heavy atom. The normalized spacial score (nSPS) is 19.1. The predicted molar refractivity (Wildman–Crippen MR) is 73.3 cm³/mol. The number of sulfonamides is 1. The molecule has 0 spiro atoms. The quantitative estimate of drug-likeness (QED) is 0.735. The van der Waals surface area contributed by atoms with Crippen LogP contribution in [0.1, 0.15) is 12.8 Å². The SMILES string of the molecule is NCC1(Nc2ccc(S(N)(=O)=O)cc2)CCOCC1. The minimum Gasteiger partial charge on any atom is -0.381 e. The van der Waals surface area contributed by atoms with E-state index in [0.717, 1.165) is 18.5 Å². The number of anilines is 1. The summed E-state index contributed by atoms with van der Waals surface area (Å²) >= 11 is 0. The summed E-state index contributed by atoms with van der Waals surface area (Å²) in [7, 11) is -3.65. The molecule has 0 aromatic heterocycles. The molecule has 1 aliphatic heterocycles. The first-order valence-corrected chi connectivity index (χ1v) is 7.69. The Morgan fingerprint density at radius 2 is 1.79 bits per heavy atom. The van der Waals surface area contributed by atoms with Gasteiger partial charge in [0.25, 0.3) is 0 Å². The molecule has 106 valence electrons. The van der Waals surface area contributed by atoms with Gasteiger partial charge in [-0.15, -0.1) is 0 Å². The molecule has 1 heterocycles. The van der Waals surface area contributed by atoms with Crippen LogP contribution in [0.15, 0.2) is 29.2 Å². The second-order valence-electron chi connectivity index (χ2n) is 4.79. The molecule has 1 aromatic rings. The van der Waals surface area contributed by atoms with Gasteiger partial charge in [0.2, 0.25) is 10.0 Å². The van der Waals surface area contributed by atoms with Crippen LogP contribution in [0.4, 0.5) is 5.69 Å². The molecule has 7 heteroatoms. The largest absolute Gasteiger partial charge is 0.381 e. The molecule has 1 aliphatic rings. The Kier molecular flexibility index (Phi) is 4.10. The van der Waals surface area contributed by atoms with Crippen LogP contribution in [0.2, 0.25) is 0 Å². The van der Waals surface area contributed by atoms with E-state index in [-0.39, 0.29) is 10.4 Å². The third-order valence-electron chi connectivity index (χ3n) is 3.43. The minimum absolute atomic E-state index is 0.104. The number of hydrogen-bond acceptors (Lipinski definition) is 5. The molecule has 0 atom stereocenters. The zero-order valence-corrected chi connectivity index (χ0v) is 11.4. The van der Waals surface area contributed by atoms with Gasteiger partial charge in [0, 0.05) is 25.4 Å². The first kappa shape index (κ1) is 14.3. The van der Waals surface area contributed by atoms with Crippen molar-refractivity contribution in [2.24, 2.45) is 10.9 Å². The molecular formula is C12H19N3O3S. The number of rotatable bonds is 4. The van der Waals surface area contributed by atoms with E-state index in [9.17, 15) is 8.42 Å². The van der Waals surface area contributed by atoms with Crippen molar-refractivity contribution < 1.29 is 13.2 Å². The predicted octanol–water partition coefficient (Wildman–Crippen LogP) is 0.254. The Hall–Kier alpha value is -1.15. The van der Waals surface area contributed by atoms with Gasteiger partial charge in [-0.05, 0) is 37.1 Å². The molecule has 2 rings (SSSR count). The van der Waals surface area contributed by atoms with Crippen LogP contribution in [0, 0.1) is 0 Å². The molecule has 6 nitrogen and oxygen atoms in total. The van der Waals surface area contributed by atoms with E-state index in [1.807, 2.05) is 0 Å². The number of ether oxygens (including phenoxy) is 1. The molecule has 1 saturated heterocycles. The van der Waals surface area contributed by atoms with Crippen LogP contribution in [0.5, 0.6) is 0 Å². The summed E-state index contributed by atoms with van der Waals surface area (Å²) in [6, 6.07) is 6.38. The van der Waals surface area contributed by atoms with Gasteiger partial charge >= 0.3 is 0 Å². The smallest absolute Gasteiger partial charge is 0.238 e. The molecule has 19 heavy (non-hydrogen) atoms. The lowest BCUT2D eigenvalue weighted by Gasteiger charge is -2.37. The fourth-order valence-electron chi connectivity index (χ4n) is 2.18. The Labute approximate surface area is 113 Å². The maximum atomic E-state index is 11.2. The minimum atomic E-state index is -3.65. The van der Waals surface area contributed by atoms with Gasteiger partial charge < -0.3 is 15.8 Å². The van der Waals surface area contributed by atoms with E-state index in [0.29, 0.717) is 19.8 Å². The van der Waals surface area contributed by atoms with Crippen molar-refractivity contribution in [2.45, 2.75) is 23.3 Å². The summed E-state index contributed by atoms with van der Waals surface area (Å²) in [6.07, 6.45) is 1.67. The molecule has 1 aromatic carbocycles. The second kappa shape index (κ2) is 5.46. The average Bonchev–Trinajstić information content (AvgIpc) is 2.39. The van der Waals surface area contributed by atoms with E-state index < -0.39 is 10.0 Å². The van der Waals surface area contributed by atoms with E-state index in [1.165, 1.54) is 12.1 Å². The molecular weight excluding hydrogens is 266 g/mol. The van der Waals surface area contributed by atoms with Crippen LogP contribution in [-0.4, -0.2) is 33.7 Å². The van der Waals surface area contributed by atoms with Crippen molar-refractivity contribution in [1.29, 1.82) is 0 Å². The number of nitrogens with one attached hydrogen (secondary N) is 1. The summed E-state index contributed by atoms with van der Waals surface area (Å²) in [5.74, 6) is 0. The molecule has 0 bridgehead atoms. The lowest BCUT2D eigenvalue weighted by Crippen LogP contribution is -2.49. The Bertz CT molecular complexity index is 522. The van der Waals surface area contributed by atoms with Gasteiger partial charge in [0.15, 0.2) is 0 Å². The average molecular weight is 285 g/mol. The molecule has 0 saturated carbocycles. The van der Waals surface area contributed by atoms with E-state index >= 15 is 0 Å². The number of nitrogens with two attached hydrogens (primary N) is 2. The van der Waals surface area contributed by atoms with Crippen LogP contribution < -0.4 is 16.2 Å². The van der Waals surface area contributed by atoms with Crippen LogP contribution >= 0.6 is 0 Å². The topological polar surface area (TPSA) is 107 Å². The van der Waals surface area contributed by atoms with Crippen molar-refractivity contribution in [2.75, 3.05) is 25.1 Å². The fraction of sp³-hybridized carbons (Fsp3) is 0.500. The number of hydrogen-bond donors (Lipinski definition) is 3. The van der Waals surface area contributed by atoms with Gasteiger partial charge in [0.05, 0.1) is 10.4 Å². The van der Waals surface area contributed by atoms with Crippen molar-refractivity contribution >= 4 is 15.7 Å². The molecule has 0 radical (unpaired) electrons. The van der Waals surface area contributed by atoms with Gasteiger partial charge in [0.1, 0.15) is 0 Å². The summed E-state index contributed by atoms with van der Waals surface area (Å²) < 4.78 is 27.7. The Balaban J connectivity index is 2.14. The summed E-state index contributed by atoms with van der Waals surface area (Å²) in [5.41, 5.74) is 6.51. The summed E-state index contributed by atoms with van der Waals surface area (Å²) in [6.45, 7) is 1.87. The molecule has 1 fully saturated rings. The van der Waals surface area contributed by atoms with Crippen LogP contribution in [0.25, 0.3) is 0 Å².